The van der Waals surface area contributed by atoms with Crippen LogP contribution in [0.15, 0.2) is 54.6 Å². The Balaban J connectivity index is 1.60. The third-order valence-electron chi connectivity index (χ3n) is 5.94. The molecule has 3 rings (SSSR count). The zero-order chi connectivity index (χ0) is 21.5. The first kappa shape index (κ1) is 22.0. The second kappa shape index (κ2) is 10.4. The molecular weight excluding hydrogens is 374 g/mol. The van der Waals surface area contributed by atoms with Crippen molar-refractivity contribution in [3.05, 3.63) is 71.3 Å². The molecule has 2 aromatic carbocycles. The fraction of sp³-hybridized carbons (Fsp3) is 0.440. The van der Waals surface area contributed by atoms with E-state index in [-0.39, 0.29) is 23.9 Å². The van der Waals surface area contributed by atoms with Crippen molar-refractivity contribution in [2.45, 2.75) is 44.7 Å². The number of carbonyl (C=O) groups is 2. The number of hydrogen-bond donors (Lipinski definition) is 1. The van der Waals surface area contributed by atoms with Gasteiger partial charge in [0, 0.05) is 13.1 Å². The molecule has 1 aliphatic rings. The lowest BCUT2D eigenvalue weighted by Crippen LogP contribution is -2.48. The zero-order valence-corrected chi connectivity index (χ0v) is 18.3. The number of benzene rings is 2. The van der Waals surface area contributed by atoms with Gasteiger partial charge in [-0.2, -0.15) is 0 Å². The average molecular weight is 408 g/mol. The molecule has 5 nitrogen and oxygen atoms in total. The van der Waals surface area contributed by atoms with Crippen LogP contribution in [0, 0.1) is 0 Å². The molecule has 30 heavy (non-hydrogen) atoms. The van der Waals surface area contributed by atoms with Gasteiger partial charge < -0.3 is 15.1 Å². The van der Waals surface area contributed by atoms with Crippen LogP contribution in [-0.4, -0.2) is 54.8 Å². The molecule has 1 aliphatic heterocycles. The van der Waals surface area contributed by atoms with Crippen LogP contribution in [0.4, 0.5) is 0 Å². The Kier molecular flexibility index (Phi) is 7.63. The number of likely N-dealkylation sites (tertiary alicyclic amines) is 1. The fourth-order valence-electron chi connectivity index (χ4n) is 4.10. The molecule has 1 fully saturated rings. The maximum Gasteiger partial charge on any atom is 0.242 e. The van der Waals surface area contributed by atoms with Crippen LogP contribution in [-0.2, 0) is 22.4 Å². The average Bonchev–Trinajstić information content (AvgIpc) is 3.25. The molecule has 0 saturated carbocycles. The summed E-state index contributed by atoms with van der Waals surface area (Å²) in [6, 6.07) is 18.0. The van der Waals surface area contributed by atoms with Crippen molar-refractivity contribution in [2.24, 2.45) is 0 Å². The number of nitrogens with one attached hydrogen (secondary N) is 1. The lowest BCUT2D eigenvalue weighted by molar-refractivity contribution is -0.138. The van der Waals surface area contributed by atoms with Gasteiger partial charge in [0.25, 0.3) is 0 Å². The molecule has 0 bridgehead atoms. The number of amides is 2. The van der Waals surface area contributed by atoms with Gasteiger partial charge in [0.15, 0.2) is 0 Å². The molecule has 0 aliphatic carbocycles. The maximum absolute atomic E-state index is 12.9. The number of carbonyl (C=O) groups excluding carboxylic acids is 2. The zero-order valence-electron chi connectivity index (χ0n) is 18.3. The largest absolute Gasteiger partial charge is 0.352 e. The number of nitrogens with zero attached hydrogens (tertiary/aromatic N) is 2. The predicted molar refractivity (Wildman–Crippen MR) is 120 cm³/mol. The second-order valence-electron chi connectivity index (χ2n) is 8.23. The van der Waals surface area contributed by atoms with Crippen molar-refractivity contribution in [3.63, 3.8) is 0 Å². The molecule has 0 spiro atoms. The standard InChI is InChI=1S/C25H33N3O2/c1-4-19-12-14-21(15-13-19)23(27(2)3)18-26-25(30)22-11-8-16-28(22)24(29)17-20-9-6-5-7-10-20/h5-7,9-10,12-15,22-23H,4,8,11,16-18H2,1-3H3,(H,26,30). The van der Waals surface area contributed by atoms with Crippen LogP contribution in [0.2, 0.25) is 0 Å². The number of likely N-dealkylation sites (N-methyl/N-ethyl adjacent to an activating group) is 1. The first-order valence-corrected chi connectivity index (χ1v) is 10.9. The molecule has 160 valence electrons. The Labute approximate surface area is 180 Å². The van der Waals surface area contributed by atoms with Gasteiger partial charge in [-0.1, -0.05) is 61.5 Å². The Bertz CT molecular complexity index is 833. The molecule has 2 aromatic rings. The molecule has 0 aromatic heterocycles. The summed E-state index contributed by atoms with van der Waals surface area (Å²) in [6.45, 7) is 3.32. The predicted octanol–water partition coefficient (Wildman–Crippen LogP) is 3.20. The normalized spacial score (nSPS) is 17.2. The summed E-state index contributed by atoms with van der Waals surface area (Å²) >= 11 is 0. The lowest BCUT2D eigenvalue weighted by Gasteiger charge is -2.28. The van der Waals surface area contributed by atoms with Crippen molar-refractivity contribution in [1.29, 1.82) is 0 Å². The summed E-state index contributed by atoms with van der Waals surface area (Å²) in [5.41, 5.74) is 3.47. The lowest BCUT2D eigenvalue weighted by atomic mass is 10.0. The summed E-state index contributed by atoms with van der Waals surface area (Å²) in [7, 11) is 4.05. The molecule has 2 unspecified atom stereocenters. The van der Waals surface area contributed by atoms with E-state index in [1.54, 1.807) is 4.90 Å². The highest BCUT2D eigenvalue weighted by molar-refractivity contribution is 5.89. The Morgan fingerprint density at radius 1 is 1.07 bits per heavy atom. The van der Waals surface area contributed by atoms with E-state index >= 15 is 0 Å². The second-order valence-corrected chi connectivity index (χ2v) is 8.23. The van der Waals surface area contributed by atoms with Gasteiger partial charge in [-0.25, -0.2) is 0 Å². The van der Waals surface area contributed by atoms with E-state index in [1.807, 2.05) is 44.4 Å². The van der Waals surface area contributed by atoms with Crippen molar-refractivity contribution in [3.8, 4) is 0 Å². The van der Waals surface area contributed by atoms with Gasteiger partial charge in [-0.15, -0.1) is 0 Å². The van der Waals surface area contributed by atoms with Crippen LogP contribution in [0.25, 0.3) is 0 Å². The van der Waals surface area contributed by atoms with Crippen molar-refractivity contribution in [2.75, 3.05) is 27.2 Å². The Morgan fingerprint density at radius 3 is 2.40 bits per heavy atom. The smallest absolute Gasteiger partial charge is 0.242 e. The first-order chi connectivity index (χ1) is 14.5. The van der Waals surface area contributed by atoms with E-state index in [0.29, 0.717) is 19.5 Å². The molecule has 2 amide bonds. The Morgan fingerprint density at radius 2 is 1.77 bits per heavy atom. The highest BCUT2D eigenvalue weighted by Gasteiger charge is 2.34. The summed E-state index contributed by atoms with van der Waals surface area (Å²) in [4.78, 5) is 29.6. The van der Waals surface area contributed by atoms with E-state index in [9.17, 15) is 9.59 Å². The van der Waals surface area contributed by atoms with Gasteiger partial charge in [0.05, 0.1) is 12.5 Å². The number of rotatable bonds is 8. The van der Waals surface area contributed by atoms with E-state index in [1.165, 1.54) is 11.1 Å². The molecule has 5 heteroatoms. The van der Waals surface area contributed by atoms with Crippen LogP contribution in [0.1, 0.15) is 42.5 Å². The minimum atomic E-state index is -0.369. The number of hydrogen-bond acceptors (Lipinski definition) is 3. The minimum absolute atomic E-state index is 0.0261. The number of aryl methyl sites for hydroxylation is 1. The van der Waals surface area contributed by atoms with Crippen LogP contribution in [0.3, 0.4) is 0 Å². The van der Waals surface area contributed by atoms with Gasteiger partial charge in [-0.3, -0.25) is 9.59 Å². The molecule has 0 radical (unpaired) electrons. The molecule has 1 N–H and O–H groups in total. The third kappa shape index (κ3) is 5.48. The van der Waals surface area contributed by atoms with Crippen molar-refractivity contribution in [1.82, 2.24) is 15.1 Å². The van der Waals surface area contributed by atoms with Gasteiger partial charge in [0.1, 0.15) is 6.04 Å². The van der Waals surface area contributed by atoms with E-state index < -0.39 is 0 Å². The summed E-state index contributed by atoms with van der Waals surface area (Å²) in [6.07, 6.45) is 2.95. The van der Waals surface area contributed by atoms with Gasteiger partial charge in [0.2, 0.25) is 11.8 Å². The van der Waals surface area contributed by atoms with Crippen LogP contribution < -0.4 is 5.32 Å². The van der Waals surface area contributed by atoms with Crippen molar-refractivity contribution >= 4 is 11.8 Å². The third-order valence-corrected chi connectivity index (χ3v) is 5.94. The minimum Gasteiger partial charge on any atom is -0.352 e. The van der Waals surface area contributed by atoms with E-state index in [2.05, 4.69) is 41.4 Å². The molecule has 1 heterocycles. The molecule has 2 atom stereocenters. The van der Waals surface area contributed by atoms with Crippen molar-refractivity contribution < 1.29 is 9.59 Å². The van der Waals surface area contributed by atoms with Crippen LogP contribution >= 0.6 is 0 Å². The quantitative estimate of drug-likeness (QED) is 0.731. The highest BCUT2D eigenvalue weighted by atomic mass is 16.2. The summed E-state index contributed by atoms with van der Waals surface area (Å²) in [5.74, 6) is -0.0240. The topological polar surface area (TPSA) is 52.7 Å². The van der Waals surface area contributed by atoms with Gasteiger partial charge in [-0.05, 0) is 50.0 Å². The molecular formula is C25H33N3O2. The summed E-state index contributed by atoms with van der Waals surface area (Å²) in [5, 5.41) is 3.11. The maximum atomic E-state index is 12.9. The summed E-state index contributed by atoms with van der Waals surface area (Å²) < 4.78 is 0. The molecule has 1 saturated heterocycles. The highest BCUT2D eigenvalue weighted by Crippen LogP contribution is 2.21. The van der Waals surface area contributed by atoms with E-state index in [0.717, 1.165) is 24.8 Å². The van der Waals surface area contributed by atoms with E-state index in [4.69, 9.17) is 0 Å². The van der Waals surface area contributed by atoms with Gasteiger partial charge >= 0.3 is 0 Å². The first-order valence-electron chi connectivity index (χ1n) is 10.9. The van der Waals surface area contributed by atoms with Crippen LogP contribution in [0.5, 0.6) is 0 Å². The Hall–Kier alpha value is -2.66. The fourth-order valence-corrected chi connectivity index (χ4v) is 4.10. The monoisotopic (exact) mass is 407 g/mol. The SMILES string of the molecule is CCc1ccc(C(CNC(=O)C2CCCN2C(=O)Cc2ccccc2)N(C)C)cc1.